The van der Waals surface area contributed by atoms with Gasteiger partial charge in [-0.3, -0.25) is 15.1 Å². The van der Waals surface area contributed by atoms with Crippen LogP contribution in [-0.2, 0) is 13.0 Å². The van der Waals surface area contributed by atoms with Crippen molar-refractivity contribution in [3.8, 4) is 0 Å². The zero-order chi connectivity index (χ0) is 13.8. The summed E-state index contributed by atoms with van der Waals surface area (Å²) in [6, 6.07) is 4.71. The summed E-state index contributed by atoms with van der Waals surface area (Å²) < 4.78 is 1.37. The number of rotatable bonds is 5. The molecule has 7 nitrogen and oxygen atoms in total. The third-order valence-electron chi connectivity index (χ3n) is 2.68. The van der Waals surface area contributed by atoms with Crippen LogP contribution in [0.5, 0.6) is 0 Å². The van der Waals surface area contributed by atoms with Gasteiger partial charge < -0.3 is 9.67 Å². The van der Waals surface area contributed by atoms with E-state index in [1.54, 1.807) is 18.5 Å². The topological polar surface area (TPSA) is 98.3 Å². The van der Waals surface area contributed by atoms with Crippen molar-refractivity contribution in [3.63, 3.8) is 0 Å². The fourth-order valence-electron chi connectivity index (χ4n) is 1.75. The van der Waals surface area contributed by atoms with Gasteiger partial charge in [-0.15, -0.1) is 0 Å². The van der Waals surface area contributed by atoms with Gasteiger partial charge in [0.05, 0.1) is 11.1 Å². The molecule has 2 rings (SSSR count). The van der Waals surface area contributed by atoms with Gasteiger partial charge in [-0.05, 0) is 18.1 Å². The van der Waals surface area contributed by atoms with Gasteiger partial charge in [0.1, 0.15) is 5.69 Å². The first-order valence-corrected chi connectivity index (χ1v) is 5.54. The van der Waals surface area contributed by atoms with E-state index < -0.39 is 10.9 Å². The maximum atomic E-state index is 11.0. The van der Waals surface area contributed by atoms with Crippen LogP contribution in [0.15, 0.2) is 36.8 Å². The number of nitro groups is 1. The van der Waals surface area contributed by atoms with Gasteiger partial charge in [0, 0.05) is 25.0 Å². The van der Waals surface area contributed by atoms with E-state index in [1.807, 2.05) is 6.07 Å². The molecule has 0 atom stereocenters. The first-order chi connectivity index (χ1) is 9.08. The van der Waals surface area contributed by atoms with Gasteiger partial charge in [0.2, 0.25) is 0 Å². The van der Waals surface area contributed by atoms with Gasteiger partial charge in [-0.2, -0.15) is 0 Å². The van der Waals surface area contributed by atoms with Gasteiger partial charge >= 0.3 is 5.97 Å². The van der Waals surface area contributed by atoms with Crippen LogP contribution >= 0.6 is 0 Å². The smallest absolute Gasteiger partial charge is 0.352 e. The second-order valence-electron chi connectivity index (χ2n) is 3.95. The van der Waals surface area contributed by atoms with E-state index in [9.17, 15) is 14.9 Å². The molecule has 19 heavy (non-hydrogen) atoms. The first kappa shape index (κ1) is 12.7. The summed E-state index contributed by atoms with van der Waals surface area (Å²) in [5, 5.41) is 19.7. The predicted molar refractivity (Wildman–Crippen MR) is 66.0 cm³/mol. The summed E-state index contributed by atoms with van der Waals surface area (Å²) in [4.78, 5) is 25.0. The van der Waals surface area contributed by atoms with Crippen LogP contribution in [0.1, 0.15) is 16.1 Å². The second-order valence-corrected chi connectivity index (χ2v) is 3.95. The molecule has 0 bridgehead atoms. The van der Waals surface area contributed by atoms with Crippen molar-refractivity contribution in [2.45, 2.75) is 13.0 Å². The van der Waals surface area contributed by atoms with Crippen molar-refractivity contribution >= 4 is 11.7 Å². The van der Waals surface area contributed by atoms with Crippen molar-refractivity contribution in [2.24, 2.45) is 0 Å². The molecule has 0 spiro atoms. The van der Waals surface area contributed by atoms with Crippen LogP contribution in [0.4, 0.5) is 5.69 Å². The van der Waals surface area contributed by atoms with Gasteiger partial charge in [0.15, 0.2) is 0 Å². The SMILES string of the molecule is O=C(O)c1cc([N+](=O)[O-])cn1CCc1cccnc1. The van der Waals surface area contributed by atoms with Gasteiger partial charge in [-0.1, -0.05) is 6.07 Å². The molecule has 7 heteroatoms. The quantitative estimate of drug-likeness (QED) is 0.652. The Morgan fingerprint density at radius 3 is 2.89 bits per heavy atom. The zero-order valence-corrected chi connectivity index (χ0v) is 9.89. The maximum Gasteiger partial charge on any atom is 0.352 e. The fourth-order valence-corrected chi connectivity index (χ4v) is 1.75. The lowest BCUT2D eigenvalue weighted by atomic mass is 10.2. The van der Waals surface area contributed by atoms with Gasteiger partial charge in [-0.25, -0.2) is 4.79 Å². The van der Waals surface area contributed by atoms with Crippen molar-refractivity contribution in [1.82, 2.24) is 9.55 Å². The monoisotopic (exact) mass is 261 g/mol. The highest BCUT2D eigenvalue weighted by atomic mass is 16.6. The molecular formula is C12H11N3O4. The minimum absolute atomic E-state index is 0.0874. The van der Waals surface area contributed by atoms with E-state index >= 15 is 0 Å². The molecule has 0 aliphatic carbocycles. The molecule has 0 aromatic carbocycles. The number of carbonyl (C=O) groups is 1. The predicted octanol–water partition coefficient (Wildman–Crippen LogP) is 1.73. The minimum Gasteiger partial charge on any atom is -0.477 e. The van der Waals surface area contributed by atoms with Crippen LogP contribution in [0.2, 0.25) is 0 Å². The number of nitrogens with zero attached hydrogens (tertiary/aromatic N) is 3. The average molecular weight is 261 g/mol. The first-order valence-electron chi connectivity index (χ1n) is 5.54. The van der Waals surface area contributed by atoms with Crippen molar-refractivity contribution < 1.29 is 14.8 Å². The molecule has 1 N–H and O–H groups in total. The van der Waals surface area contributed by atoms with Crippen LogP contribution in [0.25, 0.3) is 0 Å². The average Bonchev–Trinajstić information content (AvgIpc) is 2.82. The summed E-state index contributed by atoms with van der Waals surface area (Å²) in [6.07, 6.45) is 5.12. The minimum atomic E-state index is -1.18. The van der Waals surface area contributed by atoms with E-state index in [4.69, 9.17) is 5.11 Å². The summed E-state index contributed by atoms with van der Waals surface area (Å²) in [7, 11) is 0. The molecule has 0 saturated carbocycles. The van der Waals surface area contributed by atoms with E-state index in [0.29, 0.717) is 13.0 Å². The number of carboxylic acid groups (broad SMARTS) is 1. The molecule has 0 amide bonds. The van der Waals surface area contributed by atoms with Crippen LogP contribution < -0.4 is 0 Å². The molecule has 98 valence electrons. The summed E-state index contributed by atoms with van der Waals surface area (Å²) in [5.41, 5.74) is 0.634. The molecule has 0 aliphatic rings. The second kappa shape index (κ2) is 5.30. The van der Waals surface area contributed by atoms with E-state index in [-0.39, 0.29) is 11.4 Å². The van der Waals surface area contributed by atoms with Crippen LogP contribution in [0.3, 0.4) is 0 Å². The molecule has 0 radical (unpaired) electrons. The largest absolute Gasteiger partial charge is 0.477 e. The Balaban J connectivity index is 2.19. The number of hydrogen-bond acceptors (Lipinski definition) is 4. The summed E-state index contributed by atoms with van der Waals surface area (Å²) >= 11 is 0. The molecule has 0 unspecified atom stereocenters. The number of aryl methyl sites for hydroxylation is 2. The van der Waals surface area contributed by atoms with Crippen molar-refractivity contribution in [1.29, 1.82) is 0 Å². The fraction of sp³-hybridized carbons (Fsp3) is 0.167. The van der Waals surface area contributed by atoms with E-state index in [1.165, 1.54) is 10.8 Å². The molecule has 0 aliphatic heterocycles. The van der Waals surface area contributed by atoms with Crippen LogP contribution in [0, 0.1) is 10.1 Å². The molecule has 2 heterocycles. The molecule has 0 saturated heterocycles. The summed E-state index contributed by atoms with van der Waals surface area (Å²) in [5.74, 6) is -1.18. The highest BCUT2D eigenvalue weighted by Gasteiger charge is 2.18. The number of pyridine rings is 1. The lowest BCUT2D eigenvalue weighted by Crippen LogP contribution is -2.09. The number of hydrogen-bond donors (Lipinski definition) is 1. The molecule has 2 aromatic rings. The Bertz CT molecular complexity index is 607. The van der Waals surface area contributed by atoms with Gasteiger partial charge in [0.25, 0.3) is 5.69 Å². The van der Waals surface area contributed by atoms with E-state index in [0.717, 1.165) is 11.6 Å². The van der Waals surface area contributed by atoms with Crippen LogP contribution in [-0.4, -0.2) is 25.6 Å². The Kier molecular flexibility index (Phi) is 3.56. The Morgan fingerprint density at radius 2 is 2.32 bits per heavy atom. The lowest BCUT2D eigenvalue weighted by molar-refractivity contribution is -0.384. The Hall–Kier alpha value is -2.70. The normalized spacial score (nSPS) is 10.3. The zero-order valence-electron chi connectivity index (χ0n) is 9.89. The standard InChI is InChI=1S/C12H11N3O4/c16-12(17)11-6-10(15(18)19)8-14(11)5-3-9-2-1-4-13-7-9/h1-2,4,6-8H,3,5H2,(H,16,17). The Labute approximate surface area is 108 Å². The van der Waals surface area contributed by atoms with Crippen molar-refractivity contribution in [2.75, 3.05) is 0 Å². The highest BCUT2D eigenvalue weighted by Crippen LogP contribution is 2.17. The third-order valence-corrected chi connectivity index (χ3v) is 2.68. The van der Waals surface area contributed by atoms with Crippen molar-refractivity contribution in [3.05, 3.63) is 58.2 Å². The lowest BCUT2D eigenvalue weighted by Gasteiger charge is -2.05. The molecular weight excluding hydrogens is 250 g/mol. The van der Waals surface area contributed by atoms with E-state index in [2.05, 4.69) is 4.98 Å². The molecule has 2 aromatic heterocycles. The molecule has 0 fully saturated rings. The maximum absolute atomic E-state index is 11.0. The number of aromatic nitrogens is 2. The summed E-state index contributed by atoms with van der Waals surface area (Å²) in [6.45, 7) is 0.348. The number of aromatic carboxylic acids is 1. The third kappa shape index (κ3) is 2.95. The Morgan fingerprint density at radius 1 is 1.53 bits per heavy atom. The highest BCUT2D eigenvalue weighted by molar-refractivity contribution is 5.86. The number of carboxylic acids is 1.